The molecule has 1 aromatic carbocycles. The molecule has 1 heterocycles. The van der Waals surface area contributed by atoms with Crippen LogP contribution in [0.3, 0.4) is 0 Å². The largest absolute Gasteiger partial charge is 0.384 e. The number of methoxy groups -OCH3 is 1. The number of ether oxygens (including phenoxy) is 1. The molecule has 0 aliphatic carbocycles. The Balaban J connectivity index is 1.99. The van der Waals surface area contributed by atoms with E-state index in [4.69, 9.17) is 4.74 Å². The van der Waals surface area contributed by atoms with E-state index in [1.807, 2.05) is 13.0 Å². The fourth-order valence-corrected chi connectivity index (χ4v) is 3.58. The molecule has 0 saturated carbocycles. The molecule has 2 amide bonds. The Morgan fingerprint density at radius 2 is 1.86 bits per heavy atom. The summed E-state index contributed by atoms with van der Waals surface area (Å²) in [5.41, 5.74) is 1.24. The molecule has 28 heavy (non-hydrogen) atoms. The number of sulfone groups is 1. The van der Waals surface area contributed by atoms with Gasteiger partial charge in [0.15, 0.2) is 9.84 Å². The van der Waals surface area contributed by atoms with Crippen LogP contribution in [0.15, 0.2) is 47.5 Å². The van der Waals surface area contributed by atoms with Gasteiger partial charge in [-0.25, -0.2) is 13.4 Å². The van der Waals surface area contributed by atoms with Crippen LogP contribution >= 0.6 is 0 Å². The molecule has 0 unspecified atom stereocenters. The van der Waals surface area contributed by atoms with Crippen molar-refractivity contribution >= 4 is 27.5 Å². The van der Waals surface area contributed by atoms with Crippen molar-refractivity contribution in [2.24, 2.45) is 0 Å². The Hall–Kier alpha value is -2.78. The highest BCUT2D eigenvalue weighted by molar-refractivity contribution is 7.91. The maximum atomic E-state index is 12.5. The van der Waals surface area contributed by atoms with Crippen LogP contribution in [0.1, 0.15) is 15.9 Å². The van der Waals surface area contributed by atoms with Gasteiger partial charge in [-0.2, -0.15) is 0 Å². The zero-order valence-corrected chi connectivity index (χ0v) is 16.8. The molecule has 0 atom stereocenters. The molecule has 8 nitrogen and oxygen atoms in total. The lowest BCUT2D eigenvalue weighted by molar-refractivity contribution is -0.116. The van der Waals surface area contributed by atoms with Crippen molar-refractivity contribution in [3.05, 3.63) is 53.7 Å². The SMILES string of the molecule is COCCS(=O)(=O)c1ccc(C(=O)N(C)CC(=O)Nc2cc(C)ccn2)cc1. The quantitative estimate of drug-likeness (QED) is 0.714. The summed E-state index contributed by atoms with van der Waals surface area (Å²) >= 11 is 0. The topological polar surface area (TPSA) is 106 Å². The zero-order valence-electron chi connectivity index (χ0n) is 16.0. The number of aryl methyl sites for hydroxylation is 1. The molecule has 2 aromatic rings. The first kappa shape index (κ1) is 21.5. The third-order valence-electron chi connectivity index (χ3n) is 3.93. The molecule has 1 aromatic heterocycles. The van der Waals surface area contributed by atoms with Crippen LogP contribution in [0.5, 0.6) is 0 Å². The number of carbonyl (C=O) groups excluding carboxylic acids is 2. The summed E-state index contributed by atoms with van der Waals surface area (Å²) in [7, 11) is -0.540. The summed E-state index contributed by atoms with van der Waals surface area (Å²) in [5.74, 6) is -0.499. The van der Waals surface area contributed by atoms with E-state index in [0.717, 1.165) is 5.56 Å². The first-order valence-electron chi connectivity index (χ1n) is 8.52. The highest BCUT2D eigenvalue weighted by Gasteiger charge is 2.18. The second-order valence-corrected chi connectivity index (χ2v) is 8.37. The van der Waals surface area contributed by atoms with Crippen molar-refractivity contribution in [3.63, 3.8) is 0 Å². The summed E-state index contributed by atoms with van der Waals surface area (Å²) in [6.45, 7) is 1.81. The van der Waals surface area contributed by atoms with E-state index in [1.165, 1.54) is 43.3 Å². The summed E-state index contributed by atoms with van der Waals surface area (Å²) in [6, 6.07) is 9.15. The number of hydrogen-bond acceptors (Lipinski definition) is 6. The number of hydrogen-bond donors (Lipinski definition) is 1. The normalized spacial score (nSPS) is 11.1. The van der Waals surface area contributed by atoms with Crippen LogP contribution in [0, 0.1) is 6.92 Å². The van der Waals surface area contributed by atoms with E-state index in [1.54, 1.807) is 12.3 Å². The van der Waals surface area contributed by atoms with E-state index in [2.05, 4.69) is 10.3 Å². The molecule has 0 saturated heterocycles. The first-order chi connectivity index (χ1) is 13.2. The monoisotopic (exact) mass is 405 g/mol. The lowest BCUT2D eigenvalue weighted by Crippen LogP contribution is -2.35. The van der Waals surface area contributed by atoms with Gasteiger partial charge in [-0.3, -0.25) is 9.59 Å². The molecule has 0 radical (unpaired) electrons. The third kappa shape index (κ3) is 5.86. The highest BCUT2D eigenvalue weighted by atomic mass is 32.2. The number of pyridine rings is 1. The van der Waals surface area contributed by atoms with Crippen LogP contribution < -0.4 is 5.32 Å². The molecule has 0 spiro atoms. The second kappa shape index (κ2) is 9.43. The zero-order chi connectivity index (χ0) is 20.7. The minimum absolute atomic E-state index is 0.0939. The van der Waals surface area contributed by atoms with Crippen LogP contribution in [0.25, 0.3) is 0 Å². The fourth-order valence-electron chi connectivity index (χ4n) is 2.41. The number of nitrogens with one attached hydrogen (secondary N) is 1. The minimum atomic E-state index is -3.46. The number of aromatic nitrogens is 1. The molecule has 0 aliphatic rings. The molecule has 150 valence electrons. The number of amides is 2. The van der Waals surface area contributed by atoms with E-state index in [-0.39, 0.29) is 35.3 Å². The maximum Gasteiger partial charge on any atom is 0.254 e. The Bertz CT molecular complexity index is 942. The lowest BCUT2D eigenvalue weighted by atomic mass is 10.2. The first-order valence-corrected chi connectivity index (χ1v) is 10.2. The van der Waals surface area contributed by atoms with Crippen molar-refractivity contribution in [3.8, 4) is 0 Å². The fraction of sp³-hybridized carbons (Fsp3) is 0.316. The number of carbonyl (C=O) groups is 2. The standard InChI is InChI=1S/C19H23N3O5S/c1-14-8-9-20-17(12-14)21-18(23)13-22(2)19(24)15-4-6-16(7-5-15)28(25,26)11-10-27-3/h4-9,12H,10-11,13H2,1-3H3,(H,20,21,23). The predicted octanol–water partition coefficient (Wildman–Crippen LogP) is 1.52. The molecule has 2 rings (SSSR count). The Morgan fingerprint density at radius 1 is 1.18 bits per heavy atom. The van der Waals surface area contributed by atoms with Gasteiger partial charge in [0.05, 0.1) is 23.8 Å². The van der Waals surface area contributed by atoms with Crippen molar-refractivity contribution in [2.75, 3.05) is 38.4 Å². The number of likely N-dealkylation sites (N-methyl/N-ethyl adjacent to an activating group) is 1. The summed E-state index contributed by atoms with van der Waals surface area (Å²) in [6.07, 6.45) is 1.59. The maximum absolute atomic E-state index is 12.5. The van der Waals surface area contributed by atoms with Gasteiger partial charge < -0.3 is 15.0 Å². The van der Waals surface area contributed by atoms with E-state index < -0.39 is 15.7 Å². The van der Waals surface area contributed by atoms with Crippen LogP contribution in [0.4, 0.5) is 5.82 Å². The molecule has 9 heteroatoms. The molecule has 0 fully saturated rings. The smallest absolute Gasteiger partial charge is 0.254 e. The lowest BCUT2D eigenvalue weighted by Gasteiger charge is -2.17. The molecule has 0 bridgehead atoms. The number of rotatable bonds is 8. The van der Waals surface area contributed by atoms with Crippen LogP contribution in [0.2, 0.25) is 0 Å². The number of anilines is 1. The Morgan fingerprint density at radius 3 is 2.46 bits per heavy atom. The highest BCUT2D eigenvalue weighted by Crippen LogP contribution is 2.14. The van der Waals surface area contributed by atoms with Gasteiger partial charge in [0.25, 0.3) is 5.91 Å². The van der Waals surface area contributed by atoms with Gasteiger partial charge in [-0.15, -0.1) is 0 Å². The summed E-state index contributed by atoms with van der Waals surface area (Å²) in [4.78, 5) is 30.0. The van der Waals surface area contributed by atoms with Gasteiger partial charge in [-0.1, -0.05) is 0 Å². The van der Waals surface area contributed by atoms with Gasteiger partial charge in [0.1, 0.15) is 5.82 Å². The van der Waals surface area contributed by atoms with Gasteiger partial charge in [0.2, 0.25) is 5.91 Å². The van der Waals surface area contributed by atoms with Crippen molar-refractivity contribution < 1.29 is 22.7 Å². The Labute approximate surface area is 164 Å². The minimum Gasteiger partial charge on any atom is -0.384 e. The van der Waals surface area contributed by atoms with Crippen molar-refractivity contribution in [1.82, 2.24) is 9.88 Å². The third-order valence-corrected chi connectivity index (χ3v) is 5.62. The van der Waals surface area contributed by atoms with Gasteiger partial charge in [0, 0.05) is 25.9 Å². The Kier molecular flexibility index (Phi) is 7.24. The molecule has 1 N–H and O–H groups in total. The van der Waals surface area contributed by atoms with Crippen molar-refractivity contribution in [1.29, 1.82) is 0 Å². The summed E-state index contributed by atoms with van der Waals surface area (Å²) in [5, 5.41) is 2.63. The number of nitrogens with zero attached hydrogens (tertiary/aromatic N) is 2. The van der Waals surface area contributed by atoms with Crippen LogP contribution in [-0.4, -0.2) is 63.2 Å². The van der Waals surface area contributed by atoms with E-state index in [0.29, 0.717) is 5.82 Å². The van der Waals surface area contributed by atoms with Gasteiger partial charge >= 0.3 is 0 Å². The molecular weight excluding hydrogens is 382 g/mol. The van der Waals surface area contributed by atoms with Crippen LogP contribution in [-0.2, 0) is 19.4 Å². The molecule has 0 aliphatic heterocycles. The second-order valence-electron chi connectivity index (χ2n) is 6.26. The van der Waals surface area contributed by atoms with E-state index >= 15 is 0 Å². The van der Waals surface area contributed by atoms with E-state index in [9.17, 15) is 18.0 Å². The van der Waals surface area contributed by atoms with Gasteiger partial charge in [-0.05, 0) is 48.9 Å². The number of benzene rings is 1. The molecular formula is C19H23N3O5S. The predicted molar refractivity (Wildman–Crippen MR) is 105 cm³/mol. The summed E-state index contributed by atoms with van der Waals surface area (Å²) < 4.78 is 29.0. The average molecular weight is 405 g/mol. The average Bonchev–Trinajstić information content (AvgIpc) is 2.65. The van der Waals surface area contributed by atoms with Crippen molar-refractivity contribution in [2.45, 2.75) is 11.8 Å².